The normalized spacial score (nSPS) is 21.8. The van der Waals surface area contributed by atoms with Crippen molar-refractivity contribution >= 4 is 0 Å². The van der Waals surface area contributed by atoms with E-state index >= 15 is 0 Å². The maximum atomic E-state index is 11.5. The lowest BCUT2D eigenvalue weighted by Gasteiger charge is -2.37. The van der Waals surface area contributed by atoms with Crippen molar-refractivity contribution in [3.63, 3.8) is 0 Å². The Bertz CT molecular complexity index is 1390. The van der Waals surface area contributed by atoms with Gasteiger partial charge in [0.05, 0.1) is 19.3 Å². The van der Waals surface area contributed by atoms with E-state index < -0.39 is 12.2 Å². The van der Waals surface area contributed by atoms with Gasteiger partial charge in [0.1, 0.15) is 23.4 Å². The molecule has 0 bridgehead atoms. The molecule has 0 radical (unpaired) electrons. The van der Waals surface area contributed by atoms with Gasteiger partial charge in [0.15, 0.2) is 11.5 Å². The number of methoxy groups -OCH3 is 1. The summed E-state index contributed by atoms with van der Waals surface area (Å²) in [6.07, 6.45) is 10.00. The predicted octanol–water partition coefficient (Wildman–Crippen LogP) is 7.74. The second-order valence-electron chi connectivity index (χ2n) is 12.0. The van der Waals surface area contributed by atoms with Gasteiger partial charge in [-0.2, -0.15) is 0 Å². The number of hydrogen-bond donors (Lipinski definition) is 3. The molecule has 1 fully saturated rings. The van der Waals surface area contributed by atoms with Crippen molar-refractivity contribution in [1.82, 2.24) is 0 Å². The van der Waals surface area contributed by atoms with E-state index in [0.717, 1.165) is 97.1 Å². The van der Waals surface area contributed by atoms with Crippen molar-refractivity contribution in [3.8, 4) is 39.9 Å². The molecule has 1 aliphatic heterocycles. The molecule has 3 aromatic rings. The van der Waals surface area contributed by atoms with Gasteiger partial charge in [-0.1, -0.05) is 44.7 Å². The van der Waals surface area contributed by atoms with Gasteiger partial charge in [0.2, 0.25) is 0 Å². The lowest BCUT2D eigenvalue weighted by Crippen LogP contribution is -2.32. The molecule has 0 aromatic heterocycles. The number of unbranched alkanes of at least 4 members (excludes halogenated alkanes) is 2. The van der Waals surface area contributed by atoms with Crippen LogP contribution in [0.15, 0.2) is 42.5 Å². The molecule has 1 heterocycles. The first-order valence-electron chi connectivity index (χ1n) is 15.4. The molecule has 3 aliphatic rings. The third kappa shape index (κ3) is 5.46. The highest BCUT2D eigenvalue weighted by Crippen LogP contribution is 2.53. The van der Waals surface area contributed by atoms with Crippen LogP contribution in [0.4, 0.5) is 0 Å². The van der Waals surface area contributed by atoms with Crippen LogP contribution in [-0.4, -0.2) is 34.6 Å². The highest BCUT2D eigenvalue weighted by molar-refractivity contribution is 5.83. The molecule has 6 rings (SSSR count). The van der Waals surface area contributed by atoms with E-state index in [2.05, 4.69) is 6.92 Å². The summed E-state index contributed by atoms with van der Waals surface area (Å²) in [6, 6.07) is 12.8. The van der Waals surface area contributed by atoms with Crippen LogP contribution in [0.3, 0.4) is 0 Å². The second kappa shape index (κ2) is 11.8. The fraction of sp³-hybridized carbons (Fsp3) is 0.486. The fourth-order valence-electron chi connectivity index (χ4n) is 7.13. The fourth-order valence-corrected chi connectivity index (χ4v) is 7.13. The van der Waals surface area contributed by atoms with Crippen molar-refractivity contribution in [2.45, 2.75) is 102 Å². The number of benzene rings is 3. The summed E-state index contributed by atoms with van der Waals surface area (Å²) >= 11 is 0. The Morgan fingerprint density at radius 3 is 2.54 bits per heavy atom. The smallest absolute Gasteiger partial charge is 0.161 e. The summed E-state index contributed by atoms with van der Waals surface area (Å²) in [4.78, 5) is 0. The maximum absolute atomic E-state index is 11.5. The molecule has 6 nitrogen and oxygen atoms in total. The van der Waals surface area contributed by atoms with Crippen LogP contribution in [0.5, 0.6) is 28.7 Å². The molecule has 2 aliphatic carbocycles. The van der Waals surface area contributed by atoms with Gasteiger partial charge in [-0.15, -0.1) is 0 Å². The van der Waals surface area contributed by atoms with Crippen LogP contribution < -0.4 is 14.2 Å². The number of phenolic OH excluding ortho intramolecular Hbond substituents is 2. The van der Waals surface area contributed by atoms with E-state index in [1.807, 2.05) is 30.3 Å². The molecule has 1 saturated carbocycles. The van der Waals surface area contributed by atoms with Gasteiger partial charge in [-0.3, -0.25) is 0 Å². The van der Waals surface area contributed by atoms with Crippen LogP contribution in [0.25, 0.3) is 11.1 Å². The largest absolute Gasteiger partial charge is 0.508 e. The number of aliphatic hydroxyl groups excluding tert-OH is 1. The van der Waals surface area contributed by atoms with Crippen LogP contribution in [0.1, 0.15) is 99.0 Å². The number of rotatable bonds is 8. The van der Waals surface area contributed by atoms with Gasteiger partial charge in [-0.25, -0.2) is 0 Å². The second-order valence-corrected chi connectivity index (χ2v) is 12.0. The SMILES string of the molecule is CCCCC[C@@H]1Cc2cc(O)ccc2-c2c(OC)cc3c(c21)C[C@@H](O)[C@H](c1ccc(O)c(OC2CCCCC2)c1)O3. The van der Waals surface area contributed by atoms with E-state index in [9.17, 15) is 15.3 Å². The number of fused-ring (bicyclic) bond motifs is 5. The van der Waals surface area contributed by atoms with Gasteiger partial charge >= 0.3 is 0 Å². The lowest BCUT2D eigenvalue weighted by atomic mass is 9.72. The molecule has 0 saturated heterocycles. The Hall–Kier alpha value is -3.38. The van der Waals surface area contributed by atoms with Crippen molar-refractivity contribution in [2.24, 2.45) is 0 Å². The highest BCUT2D eigenvalue weighted by atomic mass is 16.5. The summed E-state index contributed by atoms with van der Waals surface area (Å²) in [6.45, 7) is 2.21. The average Bonchev–Trinajstić information content (AvgIpc) is 2.98. The molecular formula is C35H42O6. The van der Waals surface area contributed by atoms with E-state index in [1.54, 1.807) is 19.2 Å². The number of ether oxygens (including phenoxy) is 3. The molecule has 3 N–H and O–H groups in total. The zero-order chi connectivity index (χ0) is 28.5. The third-order valence-electron chi connectivity index (χ3n) is 9.18. The Balaban J connectivity index is 1.38. The molecule has 0 amide bonds. The number of hydrogen-bond acceptors (Lipinski definition) is 6. The number of phenols is 2. The molecule has 3 aromatic carbocycles. The maximum Gasteiger partial charge on any atom is 0.161 e. The van der Waals surface area contributed by atoms with Crippen LogP contribution >= 0.6 is 0 Å². The Morgan fingerprint density at radius 2 is 1.76 bits per heavy atom. The lowest BCUT2D eigenvalue weighted by molar-refractivity contribution is 0.0199. The van der Waals surface area contributed by atoms with E-state index in [0.29, 0.717) is 12.2 Å². The van der Waals surface area contributed by atoms with Crippen LogP contribution in [-0.2, 0) is 12.8 Å². The topological polar surface area (TPSA) is 88.4 Å². The summed E-state index contributed by atoms with van der Waals surface area (Å²) in [5, 5.41) is 32.3. The van der Waals surface area contributed by atoms with Crippen molar-refractivity contribution in [3.05, 3.63) is 64.7 Å². The first-order valence-corrected chi connectivity index (χ1v) is 15.4. The molecule has 0 spiro atoms. The Morgan fingerprint density at radius 1 is 0.927 bits per heavy atom. The van der Waals surface area contributed by atoms with Crippen molar-refractivity contribution < 1.29 is 29.5 Å². The Kier molecular flexibility index (Phi) is 8.03. The van der Waals surface area contributed by atoms with Crippen LogP contribution in [0, 0.1) is 0 Å². The number of aliphatic hydroxyl groups is 1. The predicted molar refractivity (Wildman–Crippen MR) is 159 cm³/mol. The Labute approximate surface area is 242 Å². The monoisotopic (exact) mass is 558 g/mol. The van der Waals surface area contributed by atoms with E-state index in [4.69, 9.17) is 14.2 Å². The molecule has 3 atom stereocenters. The van der Waals surface area contributed by atoms with Gasteiger partial charge in [-0.05, 0) is 91.0 Å². The van der Waals surface area contributed by atoms with Crippen LogP contribution in [0.2, 0.25) is 0 Å². The molecule has 6 heteroatoms. The first-order chi connectivity index (χ1) is 20.0. The van der Waals surface area contributed by atoms with Crippen molar-refractivity contribution in [1.29, 1.82) is 0 Å². The van der Waals surface area contributed by atoms with Gasteiger partial charge in [0, 0.05) is 23.6 Å². The molecule has 0 unspecified atom stereocenters. The molecule has 41 heavy (non-hydrogen) atoms. The third-order valence-corrected chi connectivity index (χ3v) is 9.18. The van der Waals surface area contributed by atoms with Gasteiger partial charge in [0.25, 0.3) is 0 Å². The molecule has 218 valence electrons. The quantitative estimate of drug-likeness (QED) is 0.245. The molecular weight excluding hydrogens is 516 g/mol. The zero-order valence-electron chi connectivity index (χ0n) is 24.2. The van der Waals surface area contributed by atoms with E-state index in [-0.39, 0.29) is 23.5 Å². The first kappa shape index (κ1) is 27.8. The minimum Gasteiger partial charge on any atom is -0.508 e. The summed E-state index contributed by atoms with van der Waals surface area (Å²) in [7, 11) is 1.69. The summed E-state index contributed by atoms with van der Waals surface area (Å²) in [5.41, 5.74) is 6.28. The van der Waals surface area contributed by atoms with Gasteiger partial charge < -0.3 is 29.5 Å². The highest BCUT2D eigenvalue weighted by Gasteiger charge is 2.38. The average molecular weight is 559 g/mol. The van der Waals surface area contributed by atoms with E-state index in [1.165, 1.54) is 12.0 Å². The zero-order valence-corrected chi connectivity index (χ0v) is 24.2. The minimum atomic E-state index is -0.760. The number of aromatic hydroxyl groups is 2. The van der Waals surface area contributed by atoms with Crippen molar-refractivity contribution in [2.75, 3.05) is 7.11 Å². The summed E-state index contributed by atoms with van der Waals surface area (Å²) < 4.78 is 18.8. The summed E-state index contributed by atoms with van der Waals surface area (Å²) in [5.74, 6) is 2.56. The standard InChI is InChI=1S/C35H42O6/c1-3-4-6-9-21-16-23-17-24(36)13-14-26(23)34-32(39-2)20-30-27(33(21)34)19-29(38)35(41-30)22-12-15-28(37)31(18-22)40-25-10-7-5-8-11-25/h12-15,17-18,20-21,25,29,35-38H,3-11,16,19H2,1-2H3/t21-,29-,35+/m1/s1. The minimum absolute atomic E-state index is 0.105.